The van der Waals surface area contributed by atoms with Gasteiger partial charge in [0.15, 0.2) is 17.5 Å². The van der Waals surface area contributed by atoms with Crippen LogP contribution in [-0.4, -0.2) is 40.9 Å². The van der Waals surface area contributed by atoms with Crippen molar-refractivity contribution < 1.29 is 14.2 Å². The Hall–Kier alpha value is -1.38. The van der Waals surface area contributed by atoms with Gasteiger partial charge in [-0.3, -0.25) is 4.99 Å². The molecule has 1 aromatic rings. The summed E-state index contributed by atoms with van der Waals surface area (Å²) < 4.78 is 16.2. The third-order valence-corrected chi connectivity index (χ3v) is 4.96. The fourth-order valence-electron chi connectivity index (χ4n) is 3.54. The lowest BCUT2D eigenvalue weighted by atomic mass is 10.0. The summed E-state index contributed by atoms with van der Waals surface area (Å²) in [6, 6.07) is 3.89. The van der Waals surface area contributed by atoms with Gasteiger partial charge in [-0.05, 0) is 36.5 Å². The van der Waals surface area contributed by atoms with Gasteiger partial charge < -0.3 is 24.8 Å². The van der Waals surface area contributed by atoms with Crippen molar-refractivity contribution in [3.63, 3.8) is 0 Å². The summed E-state index contributed by atoms with van der Waals surface area (Å²) in [6.45, 7) is 1.57. The van der Waals surface area contributed by atoms with Crippen LogP contribution < -0.4 is 24.8 Å². The van der Waals surface area contributed by atoms with Crippen LogP contribution in [0.25, 0.3) is 0 Å². The number of benzene rings is 1. The first-order valence-electron chi connectivity index (χ1n) is 9.45. The van der Waals surface area contributed by atoms with E-state index in [4.69, 9.17) is 14.2 Å². The molecule has 0 saturated heterocycles. The van der Waals surface area contributed by atoms with Crippen LogP contribution in [0.15, 0.2) is 17.1 Å². The minimum Gasteiger partial charge on any atom is -0.493 e. The van der Waals surface area contributed by atoms with Crippen molar-refractivity contribution in [3.05, 3.63) is 17.7 Å². The zero-order chi connectivity index (χ0) is 18.8. The maximum Gasteiger partial charge on any atom is 0.203 e. The highest BCUT2D eigenvalue weighted by molar-refractivity contribution is 14.0. The number of nitrogens with one attached hydrogen (secondary N) is 2. The van der Waals surface area contributed by atoms with Gasteiger partial charge >= 0.3 is 0 Å². The largest absolute Gasteiger partial charge is 0.493 e. The van der Waals surface area contributed by atoms with Crippen molar-refractivity contribution in [1.29, 1.82) is 0 Å². The van der Waals surface area contributed by atoms with Crippen molar-refractivity contribution in [2.24, 2.45) is 10.9 Å². The monoisotopic (exact) mass is 491 g/mol. The summed E-state index contributed by atoms with van der Waals surface area (Å²) >= 11 is 0. The highest BCUT2D eigenvalue weighted by Crippen LogP contribution is 2.38. The van der Waals surface area contributed by atoms with E-state index in [0.29, 0.717) is 23.8 Å². The van der Waals surface area contributed by atoms with E-state index in [9.17, 15) is 0 Å². The lowest BCUT2D eigenvalue weighted by Gasteiger charge is -2.16. The van der Waals surface area contributed by atoms with Crippen LogP contribution in [0.4, 0.5) is 0 Å². The number of nitrogens with zero attached hydrogens (tertiary/aromatic N) is 1. The normalized spacial score (nSPS) is 14.4. The molecule has 0 radical (unpaired) electrons. The Morgan fingerprint density at radius 3 is 2.19 bits per heavy atom. The summed E-state index contributed by atoms with van der Waals surface area (Å²) in [7, 11) is 6.65. The lowest BCUT2D eigenvalue weighted by molar-refractivity contribution is 0.323. The van der Waals surface area contributed by atoms with Crippen LogP contribution in [0.1, 0.15) is 44.1 Å². The molecule has 1 aromatic carbocycles. The predicted molar refractivity (Wildman–Crippen MR) is 121 cm³/mol. The van der Waals surface area contributed by atoms with Crippen molar-refractivity contribution >= 4 is 29.9 Å². The Kier molecular flexibility index (Phi) is 11.3. The molecule has 0 atom stereocenters. The highest BCUT2D eigenvalue weighted by Gasteiger charge is 2.15. The third-order valence-electron chi connectivity index (χ3n) is 4.96. The number of methoxy groups -OCH3 is 3. The number of guanidine groups is 1. The lowest BCUT2D eigenvalue weighted by Crippen LogP contribution is -2.37. The fraction of sp³-hybridized carbons (Fsp3) is 0.650. The summed E-state index contributed by atoms with van der Waals surface area (Å²) in [5.41, 5.74) is 1.04. The van der Waals surface area contributed by atoms with Crippen LogP contribution in [0, 0.1) is 5.92 Å². The molecule has 0 bridgehead atoms. The van der Waals surface area contributed by atoms with Crippen LogP contribution in [-0.2, 0) is 6.54 Å². The molecule has 27 heavy (non-hydrogen) atoms. The number of ether oxygens (including phenoxy) is 3. The fourth-order valence-corrected chi connectivity index (χ4v) is 3.54. The molecule has 0 spiro atoms. The number of halogens is 1. The number of aliphatic imine (C=N–C) groups is 1. The van der Waals surface area contributed by atoms with Gasteiger partial charge in [-0.1, -0.05) is 25.7 Å². The van der Waals surface area contributed by atoms with Gasteiger partial charge in [0.05, 0.1) is 21.3 Å². The number of rotatable bonds is 9. The van der Waals surface area contributed by atoms with Crippen LogP contribution in [0.3, 0.4) is 0 Å². The molecule has 7 heteroatoms. The van der Waals surface area contributed by atoms with E-state index in [1.165, 1.54) is 38.5 Å². The van der Waals surface area contributed by atoms with Gasteiger partial charge in [0, 0.05) is 20.1 Å². The minimum absolute atomic E-state index is 0. The van der Waals surface area contributed by atoms with Gasteiger partial charge in [0.1, 0.15) is 0 Å². The minimum atomic E-state index is 0. The smallest absolute Gasteiger partial charge is 0.203 e. The Bertz CT molecular complexity index is 565. The van der Waals surface area contributed by atoms with Crippen LogP contribution in [0.2, 0.25) is 0 Å². The second-order valence-electron chi connectivity index (χ2n) is 6.68. The summed E-state index contributed by atoms with van der Waals surface area (Å²) in [5.74, 6) is 3.66. The van der Waals surface area contributed by atoms with E-state index in [-0.39, 0.29) is 24.0 Å². The van der Waals surface area contributed by atoms with Gasteiger partial charge in [0.25, 0.3) is 0 Å². The van der Waals surface area contributed by atoms with Crippen LogP contribution in [0.5, 0.6) is 17.2 Å². The molecule has 2 rings (SSSR count). The van der Waals surface area contributed by atoms with E-state index in [1.807, 2.05) is 12.1 Å². The first kappa shape index (κ1) is 23.7. The first-order valence-corrected chi connectivity index (χ1v) is 9.45. The van der Waals surface area contributed by atoms with Gasteiger partial charge in [-0.2, -0.15) is 0 Å². The van der Waals surface area contributed by atoms with E-state index >= 15 is 0 Å². The quantitative estimate of drug-likeness (QED) is 0.237. The Labute approximate surface area is 180 Å². The molecule has 6 nitrogen and oxygen atoms in total. The van der Waals surface area contributed by atoms with Crippen LogP contribution >= 0.6 is 24.0 Å². The second-order valence-corrected chi connectivity index (χ2v) is 6.68. The summed E-state index contributed by atoms with van der Waals surface area (Å²) in [5, 5.41) is 6.74. The molecule has 1 fully saturated rings. The molecule has 1 saturated carbocycles. The molecule has 0 aliphatic heterocycles. The van der Waals surface area contributed by atoms with E-state index in [1.54, 1.807) is 28.4 Å². The van der Waals surface area contributed by atoms with Gasteiger partial charge in [-0.15, -0.1) is 24.0 Å². The molecular weight excluding hydrogens is 457 g/mol. The van der Waals surface area contributed by atoms with Gasteiger partial charge in [0.2, 0.25) is 5.75 Å². The predicted octanol–water partition coefficient (Wildman–Crippen LogP) is 3.97. The van der Waals surface area contributed by atoms with E-state index in [0.717, 1.165) is 24.0 Å². The molecule has 0 heterocycles. The SMILES string of the molecule is CN=C(NCCCC1CCCC1)NCc1cc(OC)c(OC)c(OC)c1.I. The van der Waals surface area contributed by atoms with Gasteiger partial charge in [-0.25, -0.2) is 0 Å². The molecular formula is C20H34IN3O3. The number of hydrogen-bond donors (Lipinski definition) is 2. The molecule has 2 N–H and O–H groups in total. The van der Waals surface area contributed by atoms with Crippen molar-refractivity contribution in [3.8, 4) is 17.2 Å². The summed E-state index contributed by atoms with van der Waals surface area (Å²) in [6.07, 6.45) is 8.15. The molecule has 1 aliphatic carbocycles. The molecule has 0 amide bonds. The van der Waals surface area contributed by atoms with E-state index < -0.39 is 0 Å². The maximum absolute atomic E-state index is 5.40. The molecule has 154 valence electrons. The van der Waals surface area contributed by atoms with Crippen molar-refractivity contribution in [2.45, 2.75) is 45.1 Å². The second kappa shape index (κ2) is 12.9. The average molecular weight is 491 g/mol. The van der Waals surface area contributed by atoms with Crippen molar-refractivity contribution in [2.75, 3.05) is 34.9 Å². The molecule has 1 aliphatic rings. The average Bonchev–Trinajstić information content (AvgIpc) is 3.19. The Balaban J connectivity index is 0.00000364. The molecule has 0 unspecified atom stereocenters. The standard InChI is InChI=1S/C20H33N3O3.HI/c1-21-20(22-11-7-10-15-8-5-6-9-15)23-14-16-12-17(24-2)19(26-4)18(13-16)25-3;/h12-13,15H,5-11,14H2,1-4H3,(H2,21,22,23);1H. The Morgan fingerprint density at radius 2 is 1.67 bits per heavy atom. The Morgan fingerprint density at radius 1 is 1.04 bits per heavy atom. The topological polar surface area (TPSA) is 64.1 Å². The zero-order valence-electron chi connectivity index (χ0n) is 17.0. The number of hydrogen-bond acceptors (Lipinski definition) is 4. The zero-order valence-corrected chi connectivity index (χ0v) is 19.3. The summed E-state index contributed by atoms with van der Waals surface area (Å²) in [4.78, 5) is 4.30. The van der Waals surface area contributed by atoms with E-state index in [2.05, 4.69) is 15.6 Å². The first-order chi connectivity index (χ1) is 12.7. The van der Waals surface area contributed by atoms with Crippen molar-refractivity contribution in [1.82, 2.24) is 10.6 Å². The maximum atomic E-state index is 5.40. The molecule has 0 aromatic heterocycles. The highest BCUT2D eigenvalue weighted by atomic mass is 127. The third kappa shape index (κ3) is 7.27.